The van der Waals surface area contributed by atoms with Crippen LogP contribution in [0.5, 0.6) is 0 Å². The molecule has 0 saturated heterocycles. The zero-order valence-corrected chi connectivity index (χ0v) is 7.61. The van der Waals surface area contributed by atoms with Crippen molar-refractivity contribution in [2.45, 2.75) is 0 Å². The van der Waals surface area contributed by atoms with Gasteiger partial charge in [0.05, 0.1) is 0 Å². The Morgan fingerprint density at radius 1 is 1.08 bits per heavy atom. The first-order valence-corrected chi connectivity index (χ1v) is 3.88. The summed E-state index contributed by atoms with van der Waals surface area (Å²) in [6, 6.07) is 0. The summed E-state index contributed by atoms with van der Waals surface area (Å²) in [6.07, 6.45) is 11.7. The summed E-state index contributed by atoms with van der Waals surface area (Å²) < 4.78 is 0. The molecule has 0 amide bonds. The highest BCUT2D eigenvalue weighted by Crippen LogP contribution is 1.97. The second kappa shape index (κ2) is 6.92. The lowest BCUT2D eigenvalue weighted by molar-refractivity contribution is 0.433. The molecule has 0 heterocycles. The van der Waals surface area contributed by atoms with E-state index in [0.717, 1.165) is 5.57 Å². The molecule has 0 radical (unpaired) electrons. The second-order valence-corrected chi connectivity index (χ2v) is 2.32. The van der Waals surface area contributed by atoms with Gasteiger partial charge in [-0.25, -0.2) is 0 Å². The van der Waals surface area contributed by atoms with Crippen LogP contribution in [0.4, 0.5) is 0 Å². The quantitative estimate of drug-likeness (QED) is 0.500. The Morgan fingerprint density at radius 2 is 1.69 bits per heavy atom. The molecule has 0 aliphatic carbocycles. The number of hydrogen-bond donors (Lipinski definition) is 1. The van der Waals surface area contributed by atoms with Crippen LogP contribution in [0.3, 0.4) is 0 Å². The zero-order valence-electron chi connectivity index (χ0n) is 7.61. The highest BCUT2D eigenvalue weighted by molar-refractivity contribution is 5.31. The molecular formula is C12H14O. The van der Waals surface area contributed by atoms with Gasteiger partial charge in [0.2, 0.25) is 0 Å². The van der Waals surface area contributed by atoms with E-state index in [4.69, 9.17) is 5.11 Å². The topological polar surface area (TPSA) is 20.2 Å². The maximum absolute atomic E-state index is 8.97. The minimum atomic E-state index is 0.136. The van der Waals surface area contributed by atoms with Crippen LogP contribution in [0.2, 0.25) is 0 Å². The van der Waals surface area contributed by atoms with Gasteiger partial charge < -0.3 is 5.11 Å². The molecule has 0 fully saturated rings. The van der Waals surface area contributed by atoms with E-state index in [1.807, 2.05) is 6.08 Å². The van der Waals surface area contributed by atoms with Crippen molar-refractivity contribution in [2.75, 3.05) is 0 Å². The van der Waals surface area contributed by atoms with Crippen molar-refractivity contribution in [1.29, 1.82) is 0 Å². The fourth-order valence-electron chi connectivity index (χ4n) is 0.586. The second-order valence-electron chi connectivity index (χ2n) is 2.32. The molecule has 0 aliphatic rings. The molecule has 0 aliphatic heterocycles. The lowest BCUT2D eigenvalue weighted by atomic mass is 10.2. The van der Waals surface area contributed by atoms with Crippen LogP contribution < -0.4 is 0 Å². The smallest absolute Gasteiger partial charge is 0.114 e. The van der Waals surface area contributed by atoms with Gasteiger partial charge in [0, 0.05) is 0 Å². The van der Waals surface area contributed by atoms with Gasteiger partial charge in [-0.3, -0.25) is 0 Å². The highest BCUT2D eigenvalue weighted by atomic mass is 16.3. The van der Waals surface area contributed by atoms with E-state index in [-0.39, 0.29) is 5.76 Å². The molecule has 0 spiro atoms. The number of hydrogen-bond acceptors (Lipinski definition) is 1. The fourth-order valence-corrected chi connectivity index (χ4v) is 0.586. The van der Waals surface area contributed by atoms with Crippen LogP contribution in [0, 0.1) is 0 Å². The van der Waals surface area contributed by atoms with Crippen molar-refractivity contribution in [1.82, 2.24) is 0 Å². The fraction of sp³-hybridized carbons (Fsp3) is 0. The van der Waals surface area contributed by atoms with Crippen LogP contribution >= 0.6 is 0 Å². The van der Waals surface area contributed by atoms with Crippen molar-refractivity contribution in [3.63, 3.8) is 0 Å². The molecule has 1 heteroatoms. The molecule has 0 bridgehead atoms. The average Bonchev–Trinajstić information content (AvgIpc) is 2.14. The standard InChI is InChI=1S/C12H14O/c1-4-6-8-11(3)9-7-10-12(13)5-2/h4-10,13H,1-3H2/b8-6-,9-7+,12-10+. The minimum absolute atomic E-state index is 0.136. The lowest BCUT2D eigenvalue weighted by Gasteiger charge is -1.87. The Hall–Kier alpha value is -1.76. The van der Waals surface area contributed by atoms with Crippen LogP contribution in [-0.2, 0) is 0 Å². The molecule has 0 rings (SSSR count). The summed E-state index contributed by atoms with van der Waals surface area (Å²) in [5, 5.41) is 8.97. The number of allylic oxidation sites excluding steroid dienone is 8. The van der Waals surface area contributed by atoms with Crippen molar-refractivity contribution < 1.29 is 5.11 Å². The number of aliphatic hydroxyl groups is 1. The van der Waals surface area contributed by atoms with Gasteiger partial charge in [0.25, 0.3) is 0 Å². The first kappa shape index (κ1) is 11.2. The van der Waals surface area contributed by atoms with Gasteiger partial charge in [-0.2, -0.15) is 0 Å². The first-order chi connectivity index (χ1) is 6.20. The zero-order chi connectivity index (χ0) is 10.1. The Labute approximate surface area is 79.4 Å². The van der Waals surface area contributed by atoms with E-state index < -0.39 is 0 Å². The Morgan fingerprint density at radius 3 is 2.23 bits per heavy atom. The molecule has 13 heavy (non-hydrogen) atoms. The van der Waals surface area contributed by atoms with Gasteiger partial charge in [-0.15, -0.1) is 0 Å². The third-order valence-corrected chi connectivity index (χ3v) is 1.23. The van der Waals surface area contributed by atoms with Crippen LogP contribution in [-0.4, -0.2) is 5.11 Å². The molecule has 1 nitrogen and oxygen atoms in total. The summed E-state index contributed by atoms with van der Waals surface area (Å²) in [4.78, 5) is 0. The Kier molecular flexibility index (Phi) is 5.98. The summed E-state index contributed by atoms with van der Waals surface area (Å²) >= 11 is 0. The predicted molar refractivity (Wildman–Crippen MR) is 58.5 cm³/mol. The van der Waals surface area contributed by atoms with Gasteiger partial charge in [-0.05, 0) is 17.7 Å². The van der Waals surface area contributed by atoms with Gasteiger partial charge >= 0.3 is 0 Å². The van der Waals surface area contributed by atoms with E-state index >= 15 is 0 Å². The normalized spacial score (nSPS) is 12.2. The summed E-state index contributed by atoms with van der Waals surface area (Å²) in [7, 11) is 0. The highest BCUT2D eigenvalue weighted by Gasteiger charge is 1.79. The van der Waals surface area contributed by atoms with E-state index in [9.17, 15) is 0 Å². The summed E-state index contributed by atoms with van der Waals surface area (Å²) in [5.74, 6) is 0.136. The average molecular weight is 174 g/mol. The lowest BCUT2D eigenvalue weighted by Crippen LogP contribution is -1.69. The third-order valence-electron chi connectivity index (χ3n) is 1.23. The SMILES string of the molecule is C=C/C=C\C(=C)/C=C/C=C(/O)C=C. The molecule has 1 N–H and O–H groups in total. The molecule has 68 valence electrons. The van der Waals surface area contributed by atoms with E-state index in [1.165, 1.54) is 6.08 Å². The Bertz CT molecular complexity index is 277. The Balaban J connectivity index is 4.13. The van der Waals surface area contributed by atoms with Crippen LogP contribution in [0.25, 0.3) is 0 Å². The maximum atomic E-state index is 8.97. The molecule has 0 unspecified atom stereocenters. The summed E-state index contributed by atoms with van der Waals surface area (Å²) in [5.41, 5.74) is 0.841. The summed E-state index contributed by atoms with van der Waals surface area (Å²) in [6.45, 7) is 10.7. The first-order valence-electron chi connectivity index (χ1n) is 3.88. The number of rotatable bonds is 5. The van der Waals surface area contributed by atoms with Crippen molar-refractivity contribution in [3.8, 4) is 0 Å². The molecular weight excluding hydrogens is 160 g/mol. The number of aliphatic hydroxyl groups excluding tert-OH is 1. The largest absolute Gasteiger partial charge is 0.508 e. The minimum Gasteiger partial charge on any atom is -0.508 e. The molecule has 0 aromatic rings. The maximum Gasteiger partial charge on any atom is 0.114 e. The van der Waals surface area contributed by atoms with Gasteiger partial charge in [0.15, 0.2) is 0 Å². The van der Waals surface area contributed by atoms with Crippen LogP contribution in [0.15, 0.2) is 73.6 Å². The van der Waals surface area contributed by atoms with Crippen LogP contribution in [0.1, 0.15) is 0 Å². The van der Waals surface area contributed by atoms with Gasteiger partial charge in [0.1, 0.15) is 5.76 Å². The molecule has 0 atom stereocenters. The van der Waals surface area contributed by atoms with E-state index in [1.54, 1.807) is 30.4 Å². The van der Waals surface area contributed by atoms with Crippen molar-refractivity contribution in [2.24, 2.45) is 0 Å². The third kappa shape index (κ3) is 6.63. The van der Waals surface area contributed by atoms with E-state index in [0.29, 0.717) is 0 Å². The monoisotopic (exact) mass is 174 g/mol. The van der Waals surface area contributed by atoms with E-state index in [2.05, 4.69) is 19.7 Å². The predicted octanol–water partition coefficient (Wildman–Crippen LogP) is 3.47. The molecule has 0 saturated carbocycles. The van der Waals surface area contributed by atoms with Crippen molar-refractivity contribution >= 4 is 0 Å². The van der Waals surface area contributed by atoms with Crippen molar-refractivity contribution in [3.05, 3.63) is 73.6 Å². The molecule has 0 aromatic heterocycles. The van der Waals surface area contributed by atoms with Gasteiger partial charge in [-0.1, -0.05) is 50.1 Å². The molecule has 0 aromatic carbocycles.